The SMILES string of the molecule is Cc1cc(C)n(CCNC(=O)CCn2cc(C(=O)O)cn2)n1. The van der Waals surface area contributed by atoms with E-state index >= 15 is 0 Å². The second kappa shape index (κ2) is 6.88. The lowest BCUT2D eigenvalue weighted by Gasteiger charge is -2.07. The van der Waals surface area contributed by atoms with E-state index in [1.807, 2.05) is 24.6 Å². The molecule has 1 amide bonds. The lowest BCUT2D eigenvalue weighted by atomic mass is 10.3. The Balaban J connectivity index is 1.71. The van der Waals surface area contributed by atoms with Gasteiger partial charge in [0, 0.05) is 31.4 Å². The lowest BCUT2D eigenvalue weighted by Crippen LogP contribution is -2.28. The van der Waals surface area contributed by atoms with Gasteiger partial charge < -0.3 is 10.4 Å². The van der Waals surface area contributed by atoms with Crippen LogP contribution >= 0.6 is 0 Å². The zero-order valence-corrected chi connectivity index (χ0v) is 12.6. The topological polar surface area (TPSA) is 102 Å². The van der Waals surface area contributed by atoms with Crippen LogP contribution in [-0.4, -0.2) is 43.1 Å². The largest absolute Gasteiger partial charge is 0.478 e. The summed E-state index contributed by atoms with van der Waals surface area (Å²) in [6.45, 7) is 5.37. The molecule has 2 aromatic rings. The number of carboxylic acid groups (broad SMARTS) is 1. The predicted octanol–water partition coefficient (Wildman–Crippen LogP) is 0.601. The summed E-state index contributed by atoms with van der Waals surface area (Å²) in [6, 6.07) is 1.99. The Labute approximate surface area is 127 Å². The molecule has 8 heteroatoms. The number of amides is 1. The smallest absolute Gasteiger partial charge is 0.338 e. The molecule has 2 heterocycles. The molecule has 0 spiro atoms. The van der Waals surface area contributed by atoms with Gasteiger partial charge in [0.05, 0.1) is 24.0 Å². The van der Waals surface area contributed by atoms with Crippen molar-refractivity contribution in [1.29, 1.82) is 0 Å². The Hall–Kier alpha value is -2.64. The highest BCUT2D eigenvalue weighted by Gasteiger charge is 2.07. The van der Waals surface area contributed by atoms with Crippen LogP contribution in [0.1, 0.15) is 28.2 Å². The zero-order chi connectivity index (χ0) is 16.1. The molecule has 0 aliphatic heterocycles. The van der Waals surface area contributed by atoms with Gasteiger partial charge in [-0.3, -0.25) is 14.2 Å². The summed E-state index contributed by atoms with van der Waals surface area (Å²) in [5.41, 5.74) is 2.13. The monoisotopic (exact) mass is 305 g/mol. The molecule has 0 saturated heterocycles. The summed E-state index contributed by atoms with van der Waals surface area (Å²) in [7, 11) is 0. The highest BCUT2D eigenvalue weighted by Crippen LogP contribution is 2.01. The number of nitrogens with zero attached hydrogens (tertiary/aromatic N) is 4. The number of hydrogen-bond donors (Lipinski definition) is 2. The number of aromatic carboxylic acids is 1. The van der Waals surface area contributed by atoms with Crippen molar-refractivity contribution in [1.82, 2.24) is 24.9 Å². The van der Waals surface area contributed by atoms with E-state index in [2.05, 4.69) is 15.5 Å². The molecule has 2 N–H and O–H groups in total. The van der Waals surface area contributed by atoms with Crippen molar-refractivity contribution in [3.05, 3.63) is 35.4 Å². The Kier molecular flexibility index (Phi) is 4.92. The van der Waals surface area contributed by atoms with Crippen molar-refractivity contribution in [2.45, 2.75) is 33.4 Å². The third-order valence-corrected chi connectivity index (χ3v) is 3.20. The van der Waals surface area contributed by atoms with Gasteiger partial charge in [0.15, 0.2) is 0 Å². The maximum absolute atomic E-state index is 11.7. The number of aromatic nitrogens is 4. The molecule has 0 aromatic carbocycles. The van der Waals surface area contributed by atoms with Crippen LogP contribution < -0.4 is 5.32 Å². The Morgan fingerprint density at radius 2 is 2.09 bits per heavy atom. The number of carboxylic acids is 1. The molecule has 2 rings (SSSR count). The fourth-order valence-corrected chi connectivity index (χ4v) is 2.10. The van der Waals surface area contributed by atoms with Crippen LogP contribution in [0.2, 0.25) is 0 Å². The first kappa shape index (κ1) is 15.7. The highest BCUT2D eigenvalue weighted by atomic mass is 16.4. The first-order chi connectivity index (χ1) is 10.5. The summed E-state index contributed by atoms with van der Waals surface area (Å²) >= 11 is 0. The van der Waals surface area contributed by atoms with Gasteiger partial charge in [-0.2, -0.15) is 10.2 Å². The van der Waals surface area contributed by atoms with Gasteiger partial charge in [0.1, 0.15) is 0 Å². The number of rotatable bonds is 7. The minimum atomic E-state index is -1.03. The van der Waals surface area contributed by atoms with E-state index < -0.39 is 5.97 Å². The summed E-state index contributed by atoms with van der Waals surface area (Å²) in [6.07, 6.45) is 2.92. The Morgan fingerprint density at radius 3 is 2.68 bits per heavy atom. The van der Waals surface area contributed by atoms with E-state index in [-0.39, 0.29) is 17.9 Å². The first-order valence-corrected chi connectivity index (χ1v) is 6.99. The van der Waals surface area contributed by atoms with E-state index in [0.29, 0.717) is 19.6 Å². The van der Waals surface area contributed by atoms with Gasteiger partial charge in [-0.1, -0.05) is 0 Å². The maximum Gasteiger partial charge on any atom is 0.338 e. The summed E-state index contributed by atoms with van der Waals surface area (Å²) in [5.74, 6) is -1.13. The molecule has 0 bridgehead atoms. The van der Waals surface area contributed by atoms with Gasteiger partial charge in [0.2, 0.25) is 5.91 Å². The standard InChI is InChI=1S/C14H19N5O3/c1-10-7-11(2)19(17-10)6-4-15-13(20)3-5-18-9-12(8-16-18)14(21)22/h7-9H,3-6H2,1-2H3,(H,15,20)(H,21,22). The van der Waals surface area contributed by atoms with Gasteiger partial charge >= 0.3 is 5.97 Å². The van der Waals surface area contributed by atoms with Crippen LogP contribution in [0, 0.1) is 13.8 Å². The molecule has 0 atom stereocenters. The molecule has 0 saturated carbocycles. The lowest BCUT2D eigenvalue weighted by molar-refractivity contribution is -0.121. The fraction of sp³-hybridized carbons (Fsp3) is 0.429. The molecule has 0 fully saturated rings. The molecule has 2 aromatic heterocycles. The van der Waals surface area contributed by atoms with Crippen LogP contribution in [0.25, 0.3) is 0 Å². The Morgan fingerprint density at radius 1 is 1.32 bits per heavy atom. The van der Waals surface area contributed by atoms with Crippen molar-refractivity contribution < 1.29 is 14.7 Å². The number of nitrogens with one attached hydrogen (secondary N) is 1. The number of carbonyl (C=O) groups is 2. The summed E-state index contributed by atoms with van der Waals surface area (Å²) in [5, 5.41) is 19.8. The van der Waals surface area contributed by atoms with E-state index in [9.17, 15) is 9.59 Å². The quantitative estimate of drug-likeness (QED) is 0.780. The third-order valence-electron chi connectivity index (χ3n) is 3.20. The normalized spacial score (nSPS) is 10.6. The minimum absolute atomic E-state index is 0.103. The van der Waals surface area contributed by atoms with E-state index in [1.165, 1.54) is 17.1 Å². The molecular weight excluding hydrogens is 286 g/mol. The molecule has 8 nitrogen and oxygen atoms in total. The average molecular weight is 305 g/mol. The average Bonchev–Trinajstić information content (AvgIpc) is 3.04. The molecule has 0 aliphatic carbocycles. The molecule has 118 valence electrons. The van der Waals surface area contributed by atoms with Gasteiger partial charge in [-0.15, -0.1) is 0 Å². The van der Waals surface area contributed by atoms with Crippen molar-refractivity contribution in [2.24, 2.45) is 0 Å². The number of carbonyl (C=O) groups excluding carboxylic acids is 1. The van der Waals surface area contributed by atoms with Crippen molar-refractivity contribution >= 4 is 11.9 Å². The van der Waals surface area contributed by atoms with E-state index in [0.717, 1.165) is 11.4 Å². The molecule has 22 heavy (non-hydrogen) atoms. The van der Waals surface area contributed by atoms with Crippen molar-refractivity contribution in [3.8, 4) is 0 Å². The molecule has 0 radical (unpaired) electrons. The van der Waals surface area contributed by atoms with Crippen LogP contribution in [0.5, 0.6) is 0 Å². The van der Waals surface area contributed by atoms with Crippen LogP contribution in [0.15, 0.2) is 18.5 Å². The summed E-state index contributed by atoms with van der Waals surface area (Å²) < 4.78 is 3.30. The van der Waals surface area contributed by atoms with E-state index in [4.69, 9.17) is 5.11 Å². The van der Waals surface area contributed by atoms with E-state index in [1.54, 1.807) is 0 Å². The van der Waals surface area contributed by atoms with Crippen LogP contribution in [-0.2, 0) is 17.9 Å². The fourth-order valence-electron chi connectivity index (χ4n) is 2.10. The van der Waals surface area contributed by atoms with Crippen LogP contribution in [0.3, 0.4) is 0 Å². The van der Waals surface area contributed by atoms with Gasteiger partial charge in [-0.05, 0) is 19.9 Å². The third kappa shape index (κ3) is 4.18. The number of aryl methyl sites for hydroxylation is 3. The van der Waals surface area contributed by atoms with Crippen molar-refractivity contribution in [3.63, 3.8) is 0 Å². The Bertz CT molecular complexity index is 674. The second-order valence-electron chi connectivity index (χ2n) is 5.05. The van der Waals surface area contributed by atoms with Gasteiger partial charge in [0.25, 0.3) is 0 Å². The zero-order valence-electron chi connectivity index (χ0n) is 12.6. The molecule has 0 unspecified atom stereocenters. The first-order valence-electron chi connectivity index (χ1n) is 6.99. The maximum atomic E-state index is 11.7. The van der Waals surface area contributed by atoms with Crippen molar-refractivity contribution in [2.75, 3.05) is 6.54 Å². The van der Waals surface area contributed by atoms with Crippen LogP contribution in [0.4, 0.5) is 0 Å². The highest BCUT2D eigenvalue weighted by molar-refractivity contribution is 5.86. The number of hydrogen-bond acceptors (Lipinski definition) is 4. The molecular formula is C14H19N5O3. The second-order valence-corrected chi connectivity index (χ2v) is 5.05. The van der Waals surface area contributed by atoms with Gasteiger partial charge in [-0.25, -0.2) is 4.79 Å². The summed E-state index contributed by atoms with van der Waals surface area (Å²) in [4.78, 5) is 22.5. The minimum Gasteiger partial charge on any atom is -0.478 e. The predicted molar refractivity (Wildman–Crippen MR) is 78.5 cm³/mol. The molecule has 0 aliphatic rings.